The van der Waals surface area contributed by atoms with Gasteiger partial charge in [0.05, 0.1) is 0 Å². The van der Waals surface area contributed by atoms with Gasteiger partial charge in [0.15, 0.2) is 0 Å². The van der Waals surface area contributed by atoms with Crippen LogP contribution in [-0.4, -0.2) is 19.1 Å². The molecule has 1 fully saturated rings. The molecule has 0 radical (unpaired) electrons. The summed E-state index contributed by atoms with van der Waals surface area (Å²) in [6.07, 6.45) is 3.96. The first kappa shape index (κ1) is 14.4. The molecule has 1 saturated carbocycles. The van der Waals surface area contributed by atoms with Crippen LogP contribution < -0.4 is 10.2 Å². The smallest absolute Gasteiger partial charge is 0.0414 e. The SMILES string of the molecule is CCCN(c1ccccc1CNCC(C)C)C1CC1. The van der Waals surface area contributed by atoms with Crippen LogP contribution >= 0.6 is 0 Å². The van der Waals surface area contributed by atoms with E-state index in [-0.39, 0.29) is 0 Å². The van der Waals surface area contributed by atoms with E-state index in [9.17, 15) is 0 Å². The minimum atomic E-state index is 0.710. The molecule has 19 heavy (non-hydrogen) atoms. The Kier molecular flexibility index (Phi) is 5.26. The second kappa shape index (κ2) is 6.95. The fourth-order valence-corrected chi connectivity index (χ4v) is 2.56. The van der Waals surface area contributed by atoms with Crippen molar-refractivity contribution in [2.75, 3.05) is 18.0 Å². The molecule has 1 aromatic carbocycles. The predicted octanol–water partition coefficient (Wildman–Crippen LogP) is 3.81. The molecule has 106 valence electrons. The van der Waals surface area contributed by atoms with E-state index in [1.807, 2.05) is 0 Å². The van der Waals surface area contributed by atoms with Crippen LogP contribution in [0.1, 0.15) is 45.6 Å². The van der Waals surface area contributed by atoms with Gasteiger partial charge in [0.2, 0.25) is 0 Å². The first-order valence-electron chi connectivity index (χ1n) is 7.77. The highest BCUT2D eigenvalue weighted by atomic mass is 15.2. The lowest BCUT2D eigenvalue weighted by Gasteiger charge is -2.27. The summed E-state index contributed by atoms with van der Waals surface area (Å²) < 4.78 is 0. The average Bonchev–Trinajstić information content (AvgIpc) is 3.21. The summed E-state index contributed by atoms with van der Waals surface area (Å²) in [6, 6.07) is 9.69. The number of hydrogen-bond acceptors (Lipinski definition) is 2. The topological polar surface area (TPSA) is 15.3 Å². The molecular weight excluding hydrogens is 232 g/mol. The zero-order chi connectivity index (χ0) is 13.7. The van der Waals surface area contributed by atoms with Gasteiger partial charge in [-0.05, 0) is 43.4 Å². The van der Waals surface area contributed by atoms with Crippen LogP contribution in [0.15, 0.2) is 24.3 Å². The Morgan fingerprint density at radius 2 is 2.00 bits per heavy atom. The van der Waals surface area contributed by atoms with E-state index < -0.39 is 0 Å². The zero-order valence-electron chi connectivity index (χ0n) is 12.7. The van der Waals surface area contributed by atoms with E-state index in [2.05, 4.69) is 55.3 Å². The van der Waals surface area contributed by atoms with Crippen molar-refractivity contribution in [1.82, 2.24) is 5.32 Å². The highest BCUT2D eigenvalue weighted by Gasteiger charge is 2.29. The number of anilines is 1. The lowest BCUT2D eigenvalue weighted by atomic mass is 10.1. The van der Waals surface area contributed by atoms with Gasteiger partial charge in [-0.1, -0.05) is 39.0 Å². The van der Waals surface area contributed by atoms with Crippen LogP contribution in [0.2, 0.25) is 0 Å². The molecule has 1 N–H and O–H groups in total. The average molecular weight is 260 g/mol. The number of para-hydroxylation sites is 1. The minimum absolute atomic E-state index is 0.710. The third-order valence-electron chi connectivity index (χ3n) is 3.62. The normalized spacial score (nSPS) is 14.9. The summed E-state index contributed by atoms with van der Waals surface area (Å²) in [6.45, 7) is 10.0. The van der Waals surface area contributed by atoms with E-state index in [0.29, 0.717) is 5.92 Å². The van der Waals surface area contributed by atoms with Gasteiger partial charge < -0.3 is 10.2 Å². The first-order valence-corrected chi connectivity index (χ1v) is 7.77. The van der Waals surface area contributed by atoms with Crippen LogP contribution in [0.25, 0.3) is 0 Å². The summed E-state index contributed by atoms with van der Waals surface area (Å²) in [5.41, 5.74) is 2.90. The molecule has 2 rings (SSSR count). The number of hydrogen-bond donors (Lipinski definition) is 1. The Balaban J connectivity index is 2.05. The molecule has 2 nitrogen and oxygen atoms in total. The third kappa shape index (κ3) is 4.24. The van der Waals surface area contributed by atoms with E-state index in [4.69, 9.17) is 0 Å². The summed E-state index contributed by atoms with van der Waals surface area (Å²) >= 11 is 0. The molecule has 0 atom stereocenters. The molecular formula is C17H28N2. The Morgan fingerprint density at radius 3 is 2.63 bits per heavy atom. The van der Waals surface area contributed by atoms with Crippen molar-refractivity contribution in [2.24, 2.45) is 5.92 Å². The highest BCUT2D eigenvalue weighted by Crippen LogP contribution is 2.33. The maximum atomic E-state index is 3.57. The predicted molar refractivity (Wildman–Crippen MR) is 83.6 cm³/mol. The number of nitrogens with one attached hydrogen (secondary N) is 1. The van der Waals surface area contributed by atoms with Crippen LogP contribution in [-0.2, 0) is 6.54 Å². The monoisotopic (exact) mass is 260 g/mol. The molecule has 0 unspecified atom stereocenters. The molecule has 1 aliphatic carbocycles. The fourth-order valence-electron chi connectivity index (χ4n) is 2.56. The molecule has 1 aliphatic rings. The molecule has 1 aromatic rings. The molecule has 0 saturated heterocycles. The molecule has 0 amide bonds. The second-order valence-electron chi connectivity index (χ2n) is 6.08. The van der Waals surface area contributed by atoms with Crippen molar-refractivity contribution in [2.45, 2.75) is 52.6 Å². The van der Waals surface area contributed by atoms with Crippen molar-refractivity contribution < 1.29 is 0 Å². The van der Waals surface area contributed by atoms with Gasteiger partial charge in [-0.3, -0.25) is 0 Å². The summed E-state index contributed by atoms with van der Waals surface area (Å²) in [7, 11) is 0. The Hall–Kier alpha value is -1.02. The third-order valence-corrected chi connectivity index (χ3v) is 3.62. The van der Waals surface area contributed by atoms with Gasteiger partial charge in [-0.2, -0.15) is 0 Å². The maximum absolute atomic E-state index is 3.57. The number of benzene rings is 1. The first-order chi connectivity index (χ1) is 9.22. The van der Waals surface area contributed by atoms with Gasteiger partial charge in [0, 0.05) is 24.8 Å². The maximum Gasteiger partial charge on any atom is 0.0414 e. The molecule has 0 spiro atoms. The van der Waals surface area contributed by atoms with Crippen molar-refractivity contribution >= 4 is 5.69 Å². The highest BCUT2D eigenvalue weighted by molar-refractivity contribution is 5.55. The zero-order valence-corrected chi connectivity index (χ0v) is 12.7. The summed E-state index contributed by atoms with van der Waals surface area (Å²) in [4.78, 5) is 2.62. The van der Waals surface area contributed by atoms with Gasteiger partial charge in [-0.15, -0.1) is 0 Å². The summed E-state index contributed by atoms with van der Waals surface area (Å²) in [5.74, 6) is 0.710. The lowest BCUT2D eigenvalue weighted by molar-refractivity contribution is 0.551. The van der Waals surface area contributed by atoms with Crippen LogP contribution in [0.5, 0.6) is 0 Å². The van der Waals surface area contributed by atoms with Gasteiger partial charge >= 0.3 is 0 Å². The molecule has 2 heteroatoms. The van der Waals surface area contributed by atoms with E-state index in [1.54, 1.807) is 0 Å². The second-order valence-corrected chi connectivity index (χ2v) is 6.08. The van der Waals surface area contributed by atoms with Gasteiger partial charge in [-0.25, -0.2) is 0 Å². The Labute approximate surface area is 118 Å². The van der Waals surface area contributed by atoms with Crippen molar-refractivity contribution in [3.05, 3.63) is 29.8 Å². The van der Waals surface area contributed by atoms with Crippen LogP contribution in [0, 0.1) is 5.92 Å². The van der Waals surface area contributed by atoms with E-state index in [1.165, 1.54) is 37.1 Å². The molecule has 0 bridgehead atoms. The standard InChI is InChI=1S/C17H28N2/c1-4-11-19(16-9-10-16)17-8-6-5-7-15(17)13-18-12-14(2)3/h5-8,14,16,18H,4,9-13H2,1-3H3. The van der Waals surface area contributed by atoms with Crippen molar-refractivity contribution in [3.8, 4) is 0 Å². The number of nitrogens with zero attached hydrogens (tertiary/aromatic N) is 1. The lowest BCUT2D eigenvalue weighted by Crippen LogP contribution is -2.28. The largest absolute Gasteiger partial charge is 0.368 e. The van der Waals surface area contributed by atoms with E-state index >= 15 is 0 Å². The Morgan fingerprint density at radius 1 is 1.26 bits per heavy atom. The number of rotatable bonds is 8. The molecule has 0 aliphatic heterocycles. The van der Waals surface area contributed by atoms with Crippen LogP contribution in [0.4, 0.5) is 5.69 Å². The van der Waals surface area contributed by atoms with E-state index in [0.717, 1.165) is 19.1 Å². The quantitative estimate of drug-likeness (QED) is 0.764. The molecule has 0 aromatic heterocycles. The fraction of sp³-hybridized carbons (Fsp3) is 0.647. The summed E-state index contributed by atoms with van der Waals surface area (Å²) in [5, 5.41) is 3.57. The molecule has 0 heterocycles. The van der Waals surface area contributed by atoms with Crippen LogP contribution in [0.3, 0.4) is 0 Å². The van der Waals surface area contributed by atoms with Gasteiger partial charge in [0.1, 0.15) is 0 Å². The minimum Gasteiger partial charge on any atom is -0.368 e. The van der Waals surface area contributed by atoms with Gasteiger partial charge in [0.25, 0.3) is 0 Å². The van der Waals surface area contributed by atoms with Crippen molar-refractivity contribution in [1.29, 1.82) is 0 Å². The van der Waals surface area contributed by atoms with Crippen molar-refractivity contribution in [3.63, 3.8) is 0 Å². The Bertz CT molecular complexity index is 383.